The highest BCUT2D eigenvalue weighted by Crippen LogP contribution is 2.29. The number of halogens is 5. The summed E-state index contributed by atoms with van der Waals surface area (Å²) in [6.45, 7) is -3.83. The lowest BCUT2D eigenvalue weighted by atomic mass is 10.2. The first-order chi connectivity index (χ1) is 9.40. The van der Waals surface area contributed by atoms with Gasteiger partial charge in [0, 0.05) is 18.7 Å². The van der Waals surface area contributed by atoms with E-state index in [1.165, 1.54) is 0 Å². The summed E-state index contributed by atoms with van der Waals surface area (Å²) in [6.07, 6.45) is -2.57. The topological polar surface area (TPSA) is 56.5 Å². The van der Waals surface area contributed by atoms with Gasteiger partial charge in [0.25, 0.3) is 6.43 Å². The molecule has 1 aromatic rings. The first-order valence-electron chi connectivity index (χ1n) is 5.53. The second kappa shape index (κ2) is 7.73. The van der Waals surface area contributed by atoms with Gasteiger partial charge in [-0.1, -0.05) is 0 Å². The van der Waals surface area contributed by atoms with Crippen LogP contribution in [0, 0.1) is 5.82 Å². The first kappa shape index (κ1) is 16.3. The van der Waals surface area contributed by atoms with E-state index >= 15 is 0 Å². The Labute approximate surface area is 111 Å². The lowest BCUT2D eigenvalue weighted by Crippen LogP contribution is -2.14. The fraction of sp³-hybridized carbons (Fsp3) is 0.455. The van der Waals surface area contributed by atoms with Crippen LogP contribution in [-0.2, 0) is 4.74 Å². The zero-order valence-electron chi connectivity index (χ0n) is 10.2. The predicted molar refractivity (Wildman–Crippen MR) is 62.8 cm³/mol. The van der Waals surface area contributed by atoms with Crippen LogP contribution >= 0.6 is 0 Å². The van der Waals surface area contributed by atoms with Crippen LogP contribution in [0.4, 0.5) is 33.3 Å². The maximum absolute atomic E-state index is 13.2. The Morgan fingerprint density at radius 2 is 1.90 bits per heavy atom. The summed E-state index contributed by atoms with van der Waals surface area (Å²) < 4.78 is 69.4. The lowest BCUT2D eigenvalue weighted by molar-refractivity contribution is -0.0521. The van der Waals surface area contributed by atoms with Gasteiger partial charge in [0.1, 0.15) is 6.61 Å². The number of ether oxygens (including phenoxy) is 2. The maximum Gasteiger partial charge on any atom is 0.387 e. The van der Waals surface area contributed by atoms with Gasteiger partial charge in [0.15, 0.2) is 11.6 Å². The van der Waals surface area contributed by atoms with Crippen molar-refractivity contribution in [3.63, 3.8) is 0 Å². The zero-order chi connectivity index (χ0) is 15.1. The van der Waals surface area contributed by atoms with E-state index in [-0.39, 0.29) is 24.5 Å². The van der Waals surface area contributed by atoms with Crippen LogP contribution in [0.15, 0.2) is 12.1 Å². The normalized spacial score (nSPS) is 11.2. The van der Waals surface area contributed by atoms with Crippen LogP contribution in [0.3, 0.4) is 0 Å². The Morgan fingerprint density at radius 3 is 2.50 bits per heavy atom. The molecule has 4 nitrogen and oxygen atoms in total. The molecule has 114 valence electrons. The second-order valence-electron chi connectivity index (χ2n) is 3.64. The van der Waals surface area contributed by atoms with Crippen LogP contribution in [-0.4, -0.2) is 32.8 Å². The third kappa shape index (κ3) is 5.47. The van der Waals surface area contributed by atoms with Crippen molar-refractivity contribution in [3.05, 3.63) is 17.9 Å². The number of nitrogens with one attached hydrogen (secondary N) is 1. The molecule has 0 radical (unpaired) electrons. The minimum absolute atomic E-state index is 0.0297. The van der Waals surface area contributed by atoms with E-state index in [1.807, 2.05) is 0 Å². The van der Waals surface area contributed by atoms with Gasteiger partial charge in [-0.05, 0) is 0 Å². The molecule has 0 aromatic heterocycles. The molecule has 0 saturated carbocycles. The van der Waals surface area contributed by atoms with Gasteiger partial charge in [-0.2, -0.15) is 8.78 Å². The fourth-order valence-corrected chi connectivity index (χ4v) is 1.34. The van der Waals surface area contributed by atoms with E-state index in [9.17, 15) is 22.0 Å². The Morgan fingerprint density at radius 1 is 1.20 bits per heavy atom. The Balaban J connectivity index is 2.56. The molecule has 0 heterocycles. The van der Waals surface area contributed by atoms with Crippen molar-refractivity contribution in [2.45, 2.75) is 13.0 Å². The standard InChI is InChI=1S/C11H13F5N2O2/c12-6-3-7(17)8(4-9(6)20-11(15)16)18-1-2-19-5-10(13)14/h3-4,10-11,18H,1-2,5,17H2. The molecule has 0 unspecified atom stereocenters. The molecule has 3 N–H and O–H groups in total. The molecule has 0 fully saturated rings. The SMILES string of the molecule is Nc1cc(F)c(OC(F)F)cc1NCCOCC(F)F. The van der Waals surface area contributed by atoms with E-state index in [0.717, 1.165) is 12.1 Å². The second-order valence-corrected chi connectivity index (χ2v) is 3.64. The number of nitrogens with two attached hydrogens (primary N) is 1. The van der Waals surface area contributed by atoms with Gasteiger partial charge in [-0.15, -0.1) is 0 Å². The van der Waals surface area contributed by atoms with E-state index in [0.29, 0.717) is 0 Å². The summed E-state index contributed by atoms with van der Waals surface area (Å²) in [5, 5.41) is 2.64. The van der Waals surface area contributed by atoms with E-state index < -0.39 is 31.2 Å². The van der Waals surface area contributed by atoms with Gasteiger partial charge < -0.3 is 20.5 Å². The van der Waals surface area contributed by atoms with Gasteiger partial charge in [-0.25, -0.2) is 13.2 Å². The minimum Gasteiger partial charge on any atom is -0.432 e. The molecule has 0 amide bonds. The van der Waals surface area contributed by atoms with Crippen molar-refractivity contribution in [1.82, 2.24) is 0 Å². The van der Waals surface area contributed by atoms with E-state index in [1.54, 1.807) is 0 Å². The summed E-state index contributed by atoms with van der Waals surface area (Å²) in [4.78, 5) is 0. The number of hydrogen-bond donors (Lipinski definition) is 2. The van der Waals surface area contributed by atoms with Crippen molar-refractivity contribution in [2.75, 3.05) is 30.8 Å². The van der Waals surface area contributed by atoms with Gasteiger partial charge in [-0.3, -0.25) is 0 Å². The van der Waals surface area contributed by atoms with Crippen LogP contribution in [0.5, 0.6) is 5.75 Å². The third-order valence-corrected chi connectivity index (χ3v) is 2.13. The molecule has 20 heavy (non-hydrogen) atoms. The Bertz CT molecular complexity index is 432. The highest BCUT2D eigenvalue weighted by Gasteiger charge is 2.13. The first-order valence-corrected chi connectivity index (χ1v) is 5.53. The molecule has 0 atom stereocenters. The third-order valence-electron chi connectivity index (χ3n) is 2.13. The minimum atomic E-state index is -3.17. The number of hydrogen-bond acceptors (Lipinski definition) is 4. The number of benzene rings is 1. The summed E-state index contributed by atoms with van der Waals surface area (Å²) in [5.74, 6) is -1.69. The van der Waals surface area contributed by atoms with Crippen LogP contribution in [0.1, 0.15) is 0 Å². The van der Waals surface area contributed by atoms with Crippen molar-refractivity contribution < 1.29 is 31.4 Å². The van der Waals surface area contributed by atoms with Crippen LogP contribution in [0.25, 0.3) is 0 Å². The molecular formula is C11H13F5N2O2. The molecule has 0 aliphatic heterocycles. The Kier molecular flexibility index (Phi) is 6.29. The summed E-state index contributed by atoms with van der Waals surface area (Å²) in [7, 11) is 0. The fourth-order valence-electron chi connectivity index (χ4n) is 1.34. The lowest BCUT2D eigenvalue weighted by Gasteiger charge is -2.13. The molecular weight excluding hydrogens is 287 g/mol. The molecule has 9 heteroatoms. The van der Waals surface area contributed by atoms with Crippen molar-refractivity contribution >= 4 is 11.4 Å². The summed E-state index contributed by atoms with van der Waals surface area (Å²) in [5.41, 5.74) is 5.59. The number of alkyl halides is 4. The summed E-state index contributed by atoms with van der Waals surface area (Å²) in [6, 6.07) is 1.78. The average Bonchev–Trinajstić information content (AvgIpc) is 2.33. The van der Waals surface area contributed by atoms with Crippen molar-refractivity contribution in [3.8, 4) is 5.75 Å². The van der Waals surface area contributed by atoms with Gasteiger partial charge in [0.2, 0.25) is 0 Å². The van der Waals surface area contributed by atoms with Gasteiger partial charge >= 0.3 is 6.61 Å². The monoisotopic (exact) mass is 300 g/mol. The van der Waals surface area contributed by atoms with Crippen LogP contribution < -0.4 is 15.8 Å². The largest absolute Gasteiger partial charge is 0.432 e. The molecule has 1 rings (SSSR count). The molecule has 0 aliphatic carbocycles. The maximum atomic E-state index is 13.2. The van der Waals surface area contributed by atoms with E-state index in [2.05, 4.69) is 14.8 Å². The van der Waals surface area contributed by atoms with Crippen LogP contribution in [0.2, 0.25) is 0 Å². The number of anilines is 2. The molecule has 0 bridgehead atoms. The molecule has 1 aromatic carbocycles. The van der Waals surface area contributed by atoms with E-state index in [4.69, 9.17) is 5.73 Å². The zero-order valence-corrected chi connectivity index (χ0v) is 10.2. The van der Waals surface area contributed by atoms with Crippen molar-refractivity contribution in [2.24, 2.45) is 0 Å². The summed E-state index contributed by atoms with van der Waals surface area (Å²) >= 11 is 0. The average molecular weight is 300 g/mol. The predicted octanol–water partition coefficient (Wildman–Crippen LogP) is 2.70. The highest BCUT2D eigenvalue weighted by molar-refractivity contribution is 5.68. The highest BCUT2D eigenvalue weighted by atomic mass is 19.3. The quantitative estimate of drug-likeness (QED) is 0.440. The smallest absolute Gasteiger partial charge is 0.387 e. The van der Waals surface area contributed by atoms with Gasteiger partial charge in [0.05, 0.1) is 18.0 Å². The number of nitrogen functional groups attached to an aromatic ring is 1. The molecule has 0 saturated heterocycles. The molecule has 0 spiro atoms. The van der Waals surface area contributed by atoms with Crippen molar-refractivity contribution in [1.29, 1.82) is 0 Å². The molecule has 0 aliphatic rings. The Hall–Kier alpha value is -1.77. The number of rotatable bonds is 8.